The molecular formula is C16H22N2O. The zero-order chi connectivity index (χ0) is 13.7. The van der Waals surface area contributed by atoms with Crippen LogP contribution in [0.5, 0.6) is 0 Å². The molecule has 0 fully saturated rings. The molecule has 2 N–H and O–H groups in total. The molecule has 0 spiro atoms. The fourth-order valence-electron chi connectivity index (χ4n) is 2.27. The van der Waals surface area contributed by atoms with Crippen molar-refractivity contribution in [2.75, 3.05) is 0 Å². The van der Waals surface area contributed by atoms with Gasteiger partial charge in [0.1, 0.15) is 0 Å². The molecule has 2 rings (SSSR count). The van der Waals surface area contributed by atoms with E-state index < -0.39 is 0 Å². The number of hydrogen-bond donors (Lipinski definition) is 2. The molecule has 1 aromatic heterocycles. The van der Waals surface area contributed by atoms with Gasteiger partial charge in [-0.15, -0.1) is 0 Å². The van der Waals surface area contributed by atoms with Gasteiger partial charge in [-0.25, -0.2) is 0 Å². The lowest BCUT2D eigenvalue weighted by Crippen LogP contribution is -2.32. The Bertz CT molecular complexity index is 544. The number of nitrogens with one attached hydrogen (secondary N) is 2. The Labute approximate surface area is 114 Å². The van der Waals surface area contributed by atoms with Gasteiger partial charge in [0, 0.05) is 23.3 Å². The summed E-state index contributed by atoms with van der Waals surface area (Å²) in [5.74, 6) is 0.0144. The molecule has 1 heterocycles. The number of aromatic nitrogens is 1. The summed E-state index contributed by atoms with van der Waals surface area (Å²) in [6.45, 7) is 4.26. The van der Waals surface area contributed by atoms with Crippen molar-refractivity contribution in [1.29, 1.82) is 0 Å². The Morgan fingerprint density at radius 1 is 1.32 bits per heavy atom. The van der Waals surface area contributed by atoms with E-state index in [2.05, 4.69) is 24.1 Å². The molecule has 2 aromatic rings. The van der Waals surface area contributed by atoms with Gasteiger partial charge in [0.25, 0.3) is 5.91 Å². The van der Waals surface area contributed by atoms with E-state index in [0.29, 0.717) is 0 Å². The van der Waals surface area contributed by atoms with E-state index in [-0.39, 0.29) is 11.9 Å². The summed E-state index contributed by atoms with van der Waals surface area (Å²) < 4.78 is 0. The summed E-state index contributed by atoms with van der Waals surface area (Å²) >= 11 is 0. The topological polar surface area (TPSA) is 44.9 Å². The molecule has 0 saturated heterocycles. The quantitative estimate of drug-likeness (QED) is 0.759. The Morgan fingerprint density at radius 2 is 2.16 bits per heavy atom. The lowest BCUT2D eigenvalue weighted by atomic mass is 10.1. The highest BCUT2D eigenvalue weighted by atomic mass is 16.1. The van der Waals surface area contributed by atoms with Crippen LogP contribution < -0.4 is 5.32 Å². The van der Waals surface area contributed by atoms with Crippen molar-refractivity contribution in [3.8, 4) is 0 Å². The lowest BCUT2D eigenvalue weighted by Gasteiger charge is -2.13. The molecule has 0 bridgehead atoms. The van der Waals surface area contributed by atoms with Gasteiger partial charge in [0.05, 0.1) is 0 Å². The molecule has 0 radical (unpaired) electrons. The molecule has 3 heteroatoms. The number of unbranched alkanes of at least 4 members (excludes halogenated alkanes) is 2. The molecule has 0 saturated carbocycles. The predicted octanol–water partition coefficient (Wildman–Crippen LogP) is 3.87. The summed E-state index contributed by atoms with van der Waals surface area (Å²) in [6, 6.07) is 8.00. The minimum atomic E-state index is 0.0144. The SMILES string of the molecule is CCCCC[C@@H](C)NC(=O)c1ccc2cc[nH]c2c1. The number of benzene rings is 1. The summed E-state index contributed by atoms with van der Waals surface area (Å²) in [5.41, 5.74) is 1.73. The molecule has 1 aromatic carbocycles. The van der Waals surface area contributed by atoms with Crippen LogP contribution in [0.2, 0.25) is 0 Å². The number of rotatable bonds is 6. The summed E-state index contributed by atoms with van der Waals surface area (Å²) in [7, 11) is 0. The van der Waals surface area contributed by atoms with E-state index in [0.717, 1.165) is 22.9 Å². The second-order valence-electron chi connectivity index (χ2n) is 5.15. The first-order valence-corrected chi connectivity index (χ1v) is 7.08. The maximum atomic E-state index is 12.1. The largest absolute Gasteiger partial charge is 0.361 e. The first-order chi connectivity index (χ1) is 9.20. The van der Waals surface area contributed by atoms with Crippen LogP contribution in [-0.2, 0) is 0 Å². The van der Waals surface area contributed by atoms with Crippen molar-refractivity contribution in [2.45, 2.75) is 45.6 Å². The Hall–Kier alpha value is -1.77. The van der Waals surface area contributed by atoms with Crippen molar-refractivity contribution in [2.24, 2.45) is 0 Å². The molecule has 102 valence electrons. The predicted molar refractivity (Wildman–Crippen MR) is 79.4 cm³/mol. The van der Waals surface area contributed by atoms with Gasteiger partial charge < -0.3 is 10.3 Å². The second kappa shape index (κ2) is 6.41. The Balaban J connectivity index is 1.95. The van der Waals surface area contributed by atoms with E-state index in [1.807, 2.05) is 30.5 Å². The Morgan fingerprint density at radius 3 is 2.95 bits per heavy atom. The first-order valence-electron chi connectivity index (χ1n) is 7.08. The van der Waals surface area contributed by atoms with Crippen molar-refractivity contribution in [3.05, 3.63) is 36.0 Å². The van der Waals surface area contributed by atoms with Crippen LogP contribution in [0.3, 0.4) is 0 Å². The summed E-state index contributed by atoms with van der Waals surface area (Å²) in [6.07, 6.45) is 6.55. The molecule has 0 unspecified atom stereocenters. The van der Waals surface area contributed by atoms with Gasteiger partial charge in [0.2, 0.25) is 0 Å². The fourth-order valence-corrected chi connectivity index (χ4v) is 2.27. The van der Waals surface area contributed by atoms with Gasteiger partial charge >= 0.3 is 0 Å². The van der Waals surface area contributed by atoms with Gasteiger partial charge in [-0.3, -0.25) is 4.79 Å². The van der Waals surface area contributed by atoms with Gasteiger partial charge in [-0.2, -0.15) is 0 Å². The number of hydrogen-bond acceptors (Lipinski definition) is 1. The van der Waals surface area contributed by atoms with E-state index in [9.17, 15) is 4.79 Å². The molecule has 1 amide bonds. The average molecular weight is 258 g/mol. The third-order valence-corrected chi connectivity index (χ3v) is 3.44. The van der Waals surface area contributed by atoms with Crippen LogP contribution >= 0.6 is 0 Å². The maximum absolute atomic E-state index is 12.1. The minimum Gasteiger partial charge on any atom is -0.361 e. The smallest absolute Gasteiger partial charge is 0.251 e. The van der Waals surface area contributed by atoms with Gasteiger partial charge in [0.15, 0.2) is 0 Å². The zero-order valence-corrected chi connectivity index (χ0v) is 11.7. The molecule has 3 nitrogen and oxygen atoms in total. The van der Waals surface area contributed by atoms with E-state index in [1.165, 1.54) is 19.3 Å². The monoisotopic (exact) mass is 258 g/mol. The number of carbonyl (C=O) groups excluding carboxylic acids is 1. The second-order valence-corrected chi connectivity index (χ2v) is 5.15. The van der Waals surface area contributed by atoms with E-state index >= 15 is 0 Å². The van der Waals surface area contributed by atoms with Crippen LogP contribution in [0.25, 0.3) is 10.9 Å². The average Bonchev–Trinajstić information content (AvgIpc) is 2.86. The number of amides is 1. The third-order valence-electron chi connectivity index (χ3n) is 3.44. The third kappa shape index (κ3) is 3.60. The van der Waals surface area contributed by atoms with Crippen molar-refractivity contribution in [1.82, 2.24) is 10.3 Å². The molecule has 0 aliphatic heterocycles. The molecular weight excluding hydrogens is 236 g/mol. The van der Waals surface area contributed by atoms with E-state index in [4.69, 9.17) is 0 Å². The minimum absolute atomic E-state index is 0.0144. The number of carbonyl (C=O) groups is 1. The van der Waals surface area contributed by atoms with Crippen LogP contribution in [0, 0.1) is 0 Å². The highest BCUT2D eigenvalue weighted by Gasteiger charge is 2.10. The zero-order valence-electron chi connectivity index (χ0n) is 11.7. The van der Waals surface area contributed by atoms with Crippen LogP contribution in [-0.4, -0.2) is 16.9 Å². The van der Waals surface area contributed by atoms with Gasteiger partial charge in [-0.1, -0.05) is 32.3 Å². The van der Waals surface area contributed by atoms with E-state index in [1.54, 1.807) is 0 Å². The number of aromatic amines is 1. The summed E-state index contributed by atoms with van der Waals surface area (Å²) in [4.78, 5) is 15.3. The number of fused-ring (bicyclic) bond motifs is 1. The molecule has 0 aliphatic carbocycles. The molecule has 0 aliphatic rings. The lowest BCUT2D eigenvalue weighted by molar-refractivity contribution is 0.0938. The van der Waals surface area contributed by atoms with Crippen LogP contribution in [0.4, 0.5) is 0 Å². The van der Waals surface area contributed by atoms with Crippen LogP contribution in [0.1, 0.15) is 49.9 Å². The first kappa shape index (κ1) is 13.7. The summed E-state index contributed by atoms with van der Waals surface area (Å²) in [5, 5.41) is 4.19. The molecule has 19 heavy (non-hydrogen) atoms. The van der Waals surface area contributed by atoms with Crippen molar-refractivity contribution in [3.63, 3.8) is 0 Å². The highest BCUT2D eigenvalue weighted by molar-refractivity contribution is 5.98. The normalized spacial score (nSPS) is 12.5. The standard InChI is InChI=1S/C16H22N2O/c1-3-4-5-6-12(2)18-16(19)14-8-7-13-9-10-17-15(13)11-14/h7-12,17H,3-6H2,1-2H3,(H,18,19)/t12-/m1/s1. The fraction of sp³-hybridized carbons (Fsp3) is 0.438. The van der Waals surface area contributed by atoms with Gasteiger partial charge in [-0.05, 0) is 36.9 Å². The molecule has 1 atom stereocenters. The van der Waals surface area contributed by atoms with Crippen LogP contribution in [0.15, 0.2) is 30.5 Å². The number of H-pyrrole nitrogens is 1. The van der Waals surface area contributed by atoms with Crippen molar-refractivity contribution >= 4 is 16.8 Å². The highest BCUT2D eigenvalue weighted by Crippen LogP contribution is 2.14. The maximum Gasteiger partial charge on any atom is 0.251 e. The van der Waals surface area contributed by atoms with Crippen molar-refractivity contribution < 1.29 is 4.79 Å². The Kier molecular flexibility index (Phi) is 4.61.